The number of amides is 3. The minimum atomic E-state index is -0.960. The third-order valence-electron chi connectivity index (χ3n) is 4.66. The van der Waals surface area contributed by atoms with Crippen molar-refractivity contribution in [1.29, 1.82) is 0 Å². The van der Waals surface area contributed by atoms with Gasteiger partial charge in [0.15, 0.2) is 6.61 Å². The summed E-state index contributed by atoms with van der Waals surface area (Å²) in [6, 6.07) is 18.6. The van der Waals surface area contributed by atoms with Crippen molar-refractivity contribution >= 4 is 46.9 Å². The molecule has 35 heavy (non-hydrogen) atoms. The van der Waals surface area contributed by atoms with Crippen LogP contribution in [0.3, 0.4) is 0 Å². The SMILES string of the molecule is COc1cccc(NC(=O)C(=O)N/N=C\c2ccccc2OCC(=O)Nc2cc(Cl)ccc2C)c1. The van der Waals surface area contributed by atoms with Gasteiger partial charge in [0.05, 0.1) is 13.3 Å². The molecule has 0 aromatic heterocycles. The molecule has 0 aliphatic heterocycles. The molecule has 0 spiro atoms. The van der Waals surface area contributed by atoms with Gasteiger partial charge < -0.3 is 20.1 Å². The number of methoxy groups -OCH3 is 1. The normalized spacial score (nSPS) is 10.5. The lowest BCUT2D eigenvalue weighted by Gasteiger charge is -2.11. The fourth-order valence-corrected chi connectivity index (χ4v) is 3.05. The van der Waals surface area contributed by atoms with Crippen LogP contribution in [0, 0.1) is 6.92 Å². The first kappa shape index (κ1) is 25.3. The Kier molecular flexibility index (Phi) is 8.80. The molecule has 0 bridgehead atoms. The van der Waals surface area contributed by atoms with Crippen LogP contribution in [0.5, 0.6) is 11.5 Å². The molecule has 0 aliphatic rings. The number of ether oxygens (including phenoxy) is 2. The summed E-state index contributed by atoms with van der Waals surface area (Å²) < 4.78 is 10.7. The maximum Gasteiger partial charge on any atom is 0.329 e. The van der Waals surface area contributed by atoms with E-state index in [0.717, 1.165) is 5.56 Å². The molecule has 0 radical (unpaired) electrons. The fourth-order valence-electron chi connectivity index (χ4n) is 2.88. The van der Waals surface area contributed by atoms with Crippen molar-refractivity contribution in [2.75, 3.05) is 24.4 Å². The summed E-state index contributed by atoms with van der Waals surface area (Å²) >= 11 is 5.98. The maximum absolute atomic E-state index is 12.3. The van der Waals surface area contributed by atoms with Gasteiger partial charge in [0.25, 0.3) is 5.91 Å². The molecular weight excluding hydrogens is 472 g/mol. The number of nitrogens with one attached hydrogen (secondary N) is 3. The van der Waals surface area contributed by atoms with Crippen molar-refractivity contribution in [1.82, 2.24) is 5.43 Å². The molecular formula is C25H23ClN4O5. The van der Waals surface area contributed by atoms with Crippen molar-refractivity contribution < 1.29 is 23.9 Å². The van der Waals surface area contributed by atoms with E-state index < -0.39 is 11.8 Å². The largest absolute Gasteiger partial charge is 0.497 e. The number of halogens is 1. The fraction of sp³-hybridized carbons (Fsp3) is 0.120. The molecule has 3 amide bonds. The van der Waals surface area contributed by atoms with E-state index in [1.165, 1.54) is 13.3 Å². The monoisotopic (exact) mass is 494 g/mol. The first-order valence-corrected chi connectivity index (χ1v) is 10.8. The molecule has 0 heterocycles. The van der Waals surface area contributed by atoms with Crippen molar-refractivity contribution in [3.8, 4) is 11.5 Å². The van der Waals surface area contributed by atoms with Gasteiger partial charge in [-0.1, -0.05) is 35.9 Å². The molecule has 3 N–H and O–H groups in total. The smallest absolute Gasteiger partial charge is 0.329 e. The maximum atomic E-state index is 12.3. The number of hydrogen-bond donors (Lipinski definition) is 3. The second-order valence-corrected chi connectivity index (χ2v) is 7.66. The zero-order valence-corrected chi connectivity index (χ0v) is 19.8. The van der Waals surface area contributed by atoms with Crippen molar-refractivity contribution in [2.24, 2.45) is 5.10 Å². The van der Waals surface area contributed by atoms with E-state index in [1.807, 2.05) is 6.92 Å². The second kappa shape index (κ2) is 12.2. The van der Waals surface area contributed by atoms with E-state index >= 15 is 0 Å². The molecule has 180 valence electrons. The van der Waals surface area contributed by atoms with E-state index in [-0.39, 0.29) is 12.5 Å². The number of aryl methyl sites for hydroxylation is 1. The molecule has 3 aromatic carbocycles. The number of para-hydroxylation sites is 1. The van der Waals surface area contributed by atoms with Crippen molar-refractivity contribution in [3.05, 3.63) is 82.9 Å². The van der Waals surface area contributed by atoms with Crippen LogP contribution in [0.4, 0.5) is 11.4 Å². The van der Waals surface area contributed by atoms with Crippen LogP contribution in [0.2, 0.25) is 5.02 Å². The summed E-state index contributed by atoms with van der Waals surface area (Å²) in [5.74, 6) is -1.32. The molecule has 9 nitrogen and oxygen atoms in total. The lowest BCUT2D eigenvalue weighted by atomic mass is 10.2. The van der Waals surface area contributed by atoms with Crippen LogP contribution in [-0.4, -0.2) is 37.7 Å². The van der Waals surface area contributed by atoms with E-state index in [2.05, 4.69) is 21.2 Å². The van der Waals surface area contributed by atoms with Gasteiger partial charge in [-0.15, -0.1) is 0 Å². The Morgan fingerprint density at radius 2 is 1.77 bits per heavy atom. The highest BCUT2D eigenvalue weighted by Crippen LogP contribution is 2.21. The van der Waals surface area contributed by atoms with E-state index in [9.17, 15) is 14.4 Å². The number of hydrogen-bond acceptors (Lipinski definition) is 6. The van der Waals surface area contributed by atoms with E-state index in [1.54, 1.807) is 66.7 Å². The number of carbonyl (C=O) groups is 3. The van der Waals surface area contributed by atoms with E-state index in [4.69, 9.17) is 21.1 Å². The molecule has 0 fully saturated rings. The van der Waals surface area contributed by atoms with Crippen LogP contribution >= 0.6 is 11.6 Å². The molecule has 10 heteroatoms. The Bertz CT molecular complexity index is 1260. The average Bonchev–Trinajstić information content (AvgIpc) is 2.85. The van der Waals surface area contributed by atoms with Crippen LogP contribution in [0.1, 0.15) is 11.1 Å². The minimum absolute atomic E-state index is 0.258. The van der Waals surface area contributed by atoms with Gasteiger partial charge in [-0.2, -0.15) is 5.10 Å². The second-order valence-electron chi connectivity index (χ2n) is 7.22. The summed E-state index contributed by atoms with van der Waals surface area (Å²) in [4.78, 5) is 36.4. The molecule has 0 unspecified atom stereocenters. The Hall–Kier alpha value is -4.37. The lowest BCUT2D eigenvalue weighted by molar-refractivity contribution is -0.136. The Labute approximate surface area is 207 Å². The van der Waals surface area contributed by atoms with E-state index in [0.29, 0.717) is 33.5 Å². The first-order chi connectivity index (χ1) is 16.9. The first-order valence-electron chi connectivity index (χ1n) is 10.4. The summed E-state index contributed by atoms with van der Waals surface area (Å²) in [6.45, 7) is 1.59. The number of benzene rings is 3. The average molecular weight is 495 g/mol. The van der Waals surface area contributed by atoms with Crippen LogP contribution < -0.4 is 25.5 Å². The predicted octanol–water partition coefficient (Wildman–Crippen LogP) is 3.76. The van der Waals surface area contributed by atoms with Crippen molar-refractivity contribution in [2.45, 2.75) is 6.92 Å². The number of rotatable bonds is 8. The third-order valence-corrected chi connectivity index (χ3v) is 4.89. The molecule has 0 atom stereocenters. The van der Waals surface area contributed by atoms with Crippen LogP contribution in [0.15, 0.2) is 71.8 Å². The predicted molar refractivity (Wildman–Crippen MR) is 134 cm³/mol. The quantitative estimate of drug-likeness (QED) is 0.250. The van der Waals surface area contributed by atoms with Gasteiger partial charge >= 0.3 is 11.8 Å². The highest BCUT2D eigenvalue weighted by Gasteiger charge is 2.13. The summed E-state index contributed by atoms with van der Waals surface area (Å²) in [5, 5.41) is 9.52. The number of carbonyl (C=O) groups excluding carboxylic acids is 3. The van der Waals surface area contributed by atoms with Gasteiger partial charge in [-0.25, -0.2) is 5.43 Å². The lowest BCUT2D eigenvalue weighted by Crippen LogP contribution is -2.32. The topological polar surface area (TPSA) is 118 Å². The zero-order valence-electron chi connectivity index (χ0n) is 19.0. The molecule has 0 saturated heterocycles. The summed E-state index contributed by atoms with van der Waals surface area (Å²) in [5.41, 5.74) is 4.51. The van der Waals surface area contributed by atoms with Gasteiger partial charge in [-0.3, -0.25) is 14.4 Å². The third kappa shape index (κ3) is 7.58. The summed E-state index contributed by atoms with van der Waals surface area (Å²) in [6.07, 6.45) is 1.31. The standard InChI is InChI=1S/C25H23ClN4O5/c1-16-10-11-18(26)12-21(16)29-23(31)15-35-22-9-4-3-6-17(22)14-27-30-25(33)24(32)28-19-7-5-8-20(13-19)34-2/h3-14H,15H2,1-2H3,(H,28,32)(H,29,31)(H,30,33)/b27-14-. The van der Waals surface area contributed by atoms with Gasteiger partial charge in [0.2, 0.25) is 0 Å². The van der Waals surface area contributed by atoms with Crippen molar-refractivity contribution in [3.63, 3.8) is 0 Å². The van der Waals surface area contributed by atoms with Gasteiger partial charge in [-0.05, 0) is 48.9 Å². The molecule has 3 rings (SSSR count). The number of hydrazone groups is 1. The van der Waals surface area contributed by atoms with Gasteiger partial charge in [0.1, 0.15) is 11.5 Å². The number of anilines is 2. The summed E-state index contributed by atoms with van der Waals surface area (Å²) in [7, 11) is 1.50. The molecule has 0 saturated carbocycles. The number of nitrogens with zero attached hydrogens (tertiary/aromatic N) is 1. The Balaban J connectivity index is 1.54. The van der Waals surface area contributed by atoms with Crippen LogP contribution in [0.25, 0.3) is 0 Å². The highest BCUT2D eigenvalue weighted by atomic mass is 35.5. The minimum Gasteiger partial charge on any atom is -0.497 e. The zero-order chi connectivity index (χ0) is 25.2. The molecule has 0 aliphatic carbocycles. The van der Waals surface area contributed by atoms with Crippen LogP contribution in [-0.2, 0) is 14.4 Å². The van der Waals surface area contributed by atoms with Gasteiger partial charge in [0, 0.05) is 28.0 Å². The Morgan fingerprint density at radius 3 is 2.57 bits per heavy atom. The Morgan fingerprint density at radius 1 is 0.971 bits per heavy atom. The molecule has 3 aromatic rings. The highest BCUT2D eigenvalue weighted by molar-refractivity contribution is 6.39.